The van der Waals surface area contributed by atoms with Crippen LogP contribution in [0, 0.1) is 11.3 Å². The van der Waals surface area contributed by atoms with Crippen molar-refractivity contribution in [3.63, 3.8) is 0 Å². The summed E-state index contributed by atoms with van der Waals surface area (Å²) in [5.41, 5.74) is 1.87. The van der Waals surface area contributed by atoms with Crippen molar-refractivity contribution in [1.29, 1.82) is 0 Å². The lowest BCUT2D eigenvalue weighted by atomic mass is 9.76. The van der Waals surface area contributed by atoms with E-state index in [1.54, 1.807) is 0 Å². The number of nitrogens with zero attached hydrogens (tertiary/aromatic N) is 3. The van der Waals surface area contributed by atoms with E-state index >= 15 is 0 Å². The van der Waals surface area contributed by atoms with Crippen molar-refractivity contribution in [1.82, 2.24) is 14.8 Å². The quantitative estimate of drug-likeness (QED) is 0.505. The van der Waals surface area contributed by atoms with Crippen LogP contribution in [0.25, 0.3) is 0 Å². The molecule has 3 aliphatic rings. The number of hydrogen-bond acceptors (Lipinski definition) is 6. The summed E-state index contributed by atoms with van der Waals surface area (Å²) in [6.45, 7) is 6.68. The van der Waals surface area contributed by atoms with Gasteiger partial charge in [-0.1, -0.05) is 6.07 Å². The third-order valence-electron chi connectivity index (χ3n) is 6.77. The monoisotopic (exact) mass is 557 g/mol. The number of alkyl halides is 6. The van der Waals surface area contributed by atoms with Crippen molar-refractivity contribution >= 4 is 11.9 Å². The molecule has 1 aliphatic carbocycles. The molecule has 0 bridgehead atoms. The number of halogens is 6. The standard InChI is InChI=1S/C20H31N3O.2C2HF3O2/c1-22-16-20(11-19(22)15-24-14-17-4-5-17)6-9-23(10-7-20)13-18-3-2-8-21-12-18;2*3-2(4,5)1(6)7/h2-3,8,12,17,19H,4-7,9-11,13-16H2,1H3;2*(H,6,7). The Kier molecular flexibility index (Phi) is 11.3. The molecular weight excluding hydrogens is 524 g/mol. The largest absolute Gasteiger partial charge is 0.490 e. The van der Waals surface area contributed by atoms with Gasteiger partial charge in [-0.3, -0.25) is 9.88 Å². The van der Waals surface area contributed by atoms with Crippen LogP contribution in [0.5, 0.6) is 0 Å². The number of carboxylic acid groups (broad SMARTS) is 2. The maximum absolute atomic E-state index is 10.6. The van der Waals surface area contributed by atoms with Gasteiger partial charge in [-0.05, 0) is 75.2 Å². The molecule has 1 saturated carbocycles. The van der Waals surface area contributed by atoms with E-state index in [2.05, 4.69) is 27.9 Å². The van der Waals surface area contributed by atoms with Crippen molar-refractivity contribution in [3.8, 4) is 0 Å². The molecule has 2 aliphatic heterocycles. The first kappa shape index (κ1) is 31.8. The van der Waals surface area contributed by atoms with E-state index in [0.29, 0.717) is 11.5 Å². The Balaban J connectivity index is 0.000000301. The number of piperidine rings is 1. The lowest BCUT2D eigenvalue weighted by Crippen LogP contribution is -2.40. The number of likely N-dealkylation sites (tertiary alicyclic amines) is 2. The molecule has 0 amide bonds. The first-order valence-electron chi connectivity index (χ1n) is 12.1. The summed E-state index contributed by atoms with van der Waals surface area (Å²) in [6, 6.07) is 4.86. The van der Waals surface area contributed by atoms with Gasteiger partial charge in [0.15, 0.2) is 0 Å². The van der Waals surface area contributed by atoms with E-state index in [-0.39, 0.29) is 0 Å². The Bertz CT molecular complexity index is 864. The number of pyridine rings is 1. The van der Waals surface area contributed by atoms with E-state index in [1.165, 1.54) is 57.3 Å². The van der Waals surface area contributed by atoms with Crippen LogP contribution in [-0.4, -0.2) is 95.2 Å². The lowest BCUT2D eigenvalue weighted by molar-refractivity contribution is -0.193. The SMILES string of the molecule is CN1CC2(CCN(Cc3cccnc3)CC2)CC1COCC1CC1.O=C(O)C(F)(F)F.O=C(O)C(F)(F)F. The molecule has 14 heteroatoms. The molecule has 0 aromatic carbocycles. The lowest BCUT2D eigenvalue weighted by Gasteiger charge is -2.39. The number of aliphatic carboxylic acids is 2. The van der Waals surface area contributed by atoms with E-state index in [9.17, 15) is 26.3 Å². The summed E-state index contributed by atoms with van der Waals surface area (Å²) in [5.74, 6) is -4.64. The molecule has 216 valence electrons. The van der Waals surface area contributed by atoms with Gasteiger partial charge in [0.2, 0.25) is 0 Å². The summed E-state index contributed by atoms with van der Waals surface area (Å²) >= 11 is 0. The summed E-state index contributed by atoms with van der Waals surface area (Å²) in [5, 5.41) is 14.2. The molecule has 1 aromatic rings. The Labute approximate surface area is 216 Å². The number of carboxylic acids is 2. The second kappa shape index (κ2) is 13.6. The highest BCUT2D eigenvalue weighted by Crippen LogP contribution is 2.43. The molecule has 1 spiro atoms. The van der Waals surface area contributed by atoms with Crippen molar-refractivity contribution in [2.24, 2.45) is 11.3 Å². The van der Waals surface area contributed by atoms with Gasteiger partial charge < -0.3 is 19.8 Å². The van der Waals surface area contributed by atoms with Gasteiger partial charge in [0, 0.05) is 38.1 Å². The minimum Gasteiger partial charge on any atom is -0.475 e. The molecule has 1 aromatic heterocycles. The van der Waals surface area contributed by atoms with Crippen molar-refractivity contribution in [2.75, 3.05) is 39.9 Å². The van der Waals surface area contributed by atoms with Crippen LogP contribution in [0.15, 0.2) is 24.5 Å². The van der Waals surface area contributed by atoms with Crippen molar-refractivity contribution < 1.29 is 50.9 Å². The van der Waals surface area contributed by atoms with Crippen molar-refractivity contribution in [3.05, 3.63) is 30.1 Å². The normalized spacial score (nSPS) is 21.7. The molecule has 1 atom stereocenters. The highest BCUT2D eigenvalue weighted by Gasteiger charge is 2.44. The molecular formula is C24H33F6N3O5. The smallest absolute Gasteiger partial charge is 0.475 e. The number of carbonyl (C=O) groups is 2. The molecule has 8 nitrogen and oxygen atoms in total. The Morgan fingerprint density at radius 3 is 2.05 bits per heavy atom. The fourth-order valence-electron chi connectivity index (χ4n) is 4.52. The zero-order valence-electron chi connectivity index (χ0n) is 21.0. The van der Waals surface area contributed by atoms with Gasteiger partial charge >= 0.3 is 24.3 Å². The average molecular weight is 558 g/mol. The molecule has 4 rings (SSSR count). The van der Waals surface area contributed by atoms with Crippen LogP contribution in [0.4, 0.5) is 26.3 Å². The molecule has 2 saturated heterocycles. The van der Waals surface area contributed by atoms with Gasteiger partial charge in [0.25, 0.3) is 0 Å². The Morgan fingerprint density at radius 2 is 1.61 bits per heavy atom. The highest BCUT2D eigenvalue weighted by atomic mass is 19.4. The van der Waals surface area contributed by atoms with Gasteiger partial charge in [-0.15, -0.1) is 0 Å². The summed E-state index contributed by atoms with van der Waals surface area (Å²) in [6.07, 6.45) is 0.451. The highest BCUT2D eigenvalue weighted by molar-refractivity contribution is 5.73. The van der Waals surface area contributed by atoms with Crippen LogP contribution in [0.1, 0.15) is 37.7 Å². The molecule has 2 N–H and O–H groups in total. The number of hydrogen-bond donors (Lipinski definition) is 2. The van der Waals surface area contributed by atoms with E-state index in [0.717, 1.165) is 25.7 Å². The van der Waals surface area contributed by atoms with Gasteiger partial charge in [-0.2, -0.15) is 26.3 Å². The third-order valence-corrected chi connectivity index (χ3v) is 6.77. The second-order valence-electron chi connectivity index (χ2n) is 10.00. The molecule has 3 heterocycles. The van der Waals surface area contributed by atoms with Crippen molar-refractivity contribution in [2.45, 2.75) is 57.0 Å². The minimum atomic E-state index is -5.08. The van der Waals surface area contributed by atoms with Crippen LogP contribution in [0.2, 0.25) is 0 Å². The second-order valence-corrected chi connectivity index (χ2v) is 10.00. The molecule has 38 heavy (non-hydrogen) atoms. The van der Waals surface area contributed by atoms with Crippen LogP contribution >= 0.6 is 0 Å². The summed E-state index contributed by atoms with van der Waals surface area (Å²) in [4.78, 5) is 27.2. The van der Waals surface area contributed by atoms with Crippen LogP contribution in [0.3, 0.4) is 0 Å². The fourth-order valence-corrected chi connectivity index (χ4v) is 4.52. The summed E-state index contributed by atoms with van der Waals surface area (Å²) in [7, 11) is 2.29. The maximum atomic E-state index is 10.6. The Morgan fingerprint density at radius 1 is 1.05 bits per heavy atom. The first-order valence-corrected chi connectivity index (χ1v) is 12.1. The number of aromatic nitrogens is 1. The minimum absolute atomic E-state index is 0.536. The molecule has 3 fully saturated rings. The third kappa shape index (κ3) is 11.1. The fraction of sp³-hybridized carbons (Fsp3) is 0.708. The summed E-state index contributed by atoms with van der Waals surface area (Å²) < 4.78 is 69.5. The Hall–Kier alpha value is -2.45. The average Bonchev–Trinajstić information content (AvgIpc) is 3.59. The predicted molar refractivity (Wildman–Crippen MR) is 123 cm³/mol. The first-order chi connectivity index (χ1) is 17.6. The van der Waals surface area contributed by atoms with E-state index in [1.807, 2.05) is 18.5 Å². The number of rotatable bonds is 6. The van der Waals surface area contributed by atoms with Gasteiger partial charge in [0.1, 0.15) is 0 Å². The number of ether oxygens (including phenoxy) is 1. The van der Waals surface area contributed by atoms with E-state index in [4.69, 9.17) is 24.5 Å². The maximum Gasteiger partial charge on any atom is 0.490 e. The zero-order chi connectivity index (χ0) is 28.6. The van der Waals surface area contributed by atoms with E-state index < -0.39 is 24.3 Å². The van der Waals surface area contributed by atoms with Gasteiger partial charge in [-0.25, -0.2) is 9.59 Å². The molecule has 1 unspecified atom stereocenters. The van der Waals surface area contributed by atoms with Gasteiger partial charge in [0.05, 0.1) is 6.61 Å². The molecule has 0 radical (unpaired) electrons. The predicted octanol–water partition coefficient (Wildman–Crippen LogP) is 4.06. The zero-order valence-corrected chi connectivity index (χ0v) is 21.0. The number of likely N-dealkylation sites (N-methyl/N-ethyl adjacent to an activating group) is 1. The topological polar surface area (TPSA) is 103 Å². The van der Waals surface area contributed by atoms with Crippen LogP contribution in [-0.2, 0) is 20.9 Å². The van der Waals surface area contributed by atoms with Crippen LogP contribution < -0.4 is 0 Å².